The molecule has 0 radical (unpaired) electrons. The van der Waals surface area contributed by atoms with E-state index in [0.717, 1.165) is 23.6 Å². The van der Waals surface area contributed by atoms with Crippen LogP contribution in [0.15, 0.2) is 16.6 Å². The van der Waals surface area contributed by atoms with Gasteiger partial charge in [-0.2, -0.15) is 0 Å². The molecule has 0 atom stereocenters. The predicted octanol–water partition coefficient (Wildman–Crippen LogP) is 4.48. The summed E-state index contributed by atoms with van der Waals surface area (Å²) in [5.74, 6) is 1.83. The topological polar surface area (TPSA) is 35.5 Å². The number of carbonyl (C=O) groups is 1. The van der Waals surface area contributed by atoms with Gasteiger partial charge >= 0.3 is 0 Å². The molecule has 3 nitrogen and oxygen atoms in total. The number of hydrogen-bond acceptors (Lipinski definition) is 3. The van der Waals surface area contributed by atoms with Gasteiger partial charge in [0.2, 0.25) is 0 Å². The van der Waals surface area contributed by atoms with Crippen molar-refractivity contribution in [3.8, 4) is 11.5 Å². The van der Waals surface area contributed by atoms with E-state index in [1.807, 2.05) is 6.92 Å². The van der Waals surface area contributed by atoms with E-state index in [1.54, 1.807) is 12.1 Å². The molecule has 0 saturated heterocycles. The Kier molecular flexibility index (Phi) is 6.92. The van der Waals surface area contributed by atoms with Crippen molar-refractivity contribution >= 4 is 22.2 Å². The van der Waals surface area contributed by atoms with E-state index in [0.29, 0.717) is 36.2 Å². The van der Waals surface area contributed by atoms with Crippen molar-refractivity contribution < 1.29 is 14.3 Å². The molecule has 0 heterocycles. The first kappa shape index (κ1) is 16.0. The molecule has 1 aromatic rings. The summed E-state index contributed by atoms with van der Waals surface area (Å²) in [5, 5.41) is 0. The molecule has 0 aliphatic heterocycles. The van der Waals surface area contributed by atoms with Crippen molar-refractivity contribution in [3.05, 3.63) is 22.2 Å². The molecule has 1 rings (SSSR count). The fraction of sp³-hybridized carbons (Fsp3) is 0.533. The lowest BCUT2D eigenvalue weighted by molar-refractivity contribution is 0.112. The van der Waals surface area contributed by atoms with E-state index in [-0.39, 0.29) is 0 Å². The molecule has 1 aromatic carbocycles. The second-order valence-corrected chi connectivity index (χ2v) is 5.23. The lowest BCUT2D eigenvalue weighted by Crippen LogP contribution is -2.11. The maximum atomic E-state index is 10.9. The summed E-state index contributed by atoms with van der Waals surface area (Å²) in [7, 11) is 0. The molecule has 0 N–H and O–H groups in total. The highest BCUT2D eigenvalue weighted by atomic mass is 79.9. The van der Waals surface area contributed by atoms with Gasteiger partial charge in [0.25, 0.3) is 0 Å². The number of rotatable bonds is 8. The molecule has 0 aliphatic carbocycles. The molecule has 0 fully saturated rings. The fourth-order valence-corrected chi connectivity index (χ4v) is 2.36. The zero-order valence-electron chi connectivity index (χ0n) is 11.7. The van der Waals surface area contributed by atoms with Gasteiger partial charge in [-0.15, -0.1) is 0 Å². The Bertz CT molecular complexity index is 414. The maximum absolute atomic E-state index is 10.9. The van der Waals surface area contributed by atoms with Crippen LogP contribution in [0.1, 0.15) is 44.0 Å². The third kappa shape index (κ3) is 4.53. The van der Waals surface area contributed by atoms with Crippen molar-refractivity contribution in [1.29, 1.82) is 0 Å². The second-order valence-electron chi connectivity index (χ2n) is 4.37. The number of aldehydes is 1. The first-order valence-electron chi connectivity index (χ1n) is 6.70. The van der Waals surface area contributed by atoms with Gasteiger partial charge in [0.1, 0.15) is 6.29 Å². The number of carbonyl (C=O) groups excluding carboxylic acids is 1. The van der Waals surface area contributed by atoms with Gasteiger partial charge in [-0.1, -0.05) is 26.7 Å². The average Bonchev–Trinajstić information content (AvgIpc) is 2.42. The summed E-state index contributed by atoms with van der Waals surface area (Å²) in [4.78, 5) is 10.9. The Morgan fingerprint density at radius 1 is 1.21 bits per heavy atom. The van der Waals surface area contributed by atoms with Gasteiger partial charge in [-0.3, -0.25) is 4.79 Å². The first-order chi connectivity index (χ1) is 9.15. The molecule has 0 bridgehead atoms. The lowest BCUT2D eigenvalue weighted by Gasteiger charge is -2.17. The van der Waals surface area contributed by atoms with Gasteiger partial charge in [-0.25, -0.2) is 0 Å². The van der Waals surface area contributed by atoms with Crippen LogP contribution in [0.2, 0.25) is 0 Å². The quantitative estimate of drug-likeness (QED) is 0.660. The Hall–Kier alpha value is -1.03. The smallest absolute Gasteiger partial charge is 0.175 e. The molecular formula is C15H21BrO3. The van der Waals surface area contributed by atoms with E-state index in [2.05, 4.69) is 29.8 Å². The molecule has 0 aliphatic rings. The third-order valence-electron chi connectivity index (χ3n) is 3.09. The van der Waals surface area contributed by atoms with Crippen LogP contribution in [-0.2, 0) is 0 Å². The van der Waals surface area contributed by atoms with Crippen molar-refractivity contribution in [3.63, 3.8) is 0 Å². The average molecular weight is 329 g/mol. The zero-order chi connectivity index (χ0) is 14.3. The Morgan fingerprint density at radius 2 is 1.89 bits per heavy atom. The molecule has 106 valence electrons. The van der Waals surface area contributed by atoms with Crippen molar-refractivity contribution in [2.75, 3.05) is 13.2 Å². The van der Waals surface area contributed by atoms with Crippen LogP contribution in [0.3, 0.4) is 0 Å². The maximum Gasteiger partial charge on any atom is 0.175 e. The van der Waals surface area contributed by atoms with Crippen molar-refractivity contribution in [2.24, 2.45) is 5.92 Å². The Morgan fingerprint density at radius 3 is 2.42 bits per heavy atom. The molecule has 19 heavy (non-hydrogen) atoms. The van der Waals surface area contributed by atoms with Crippen LogP contribution in [0.5, 0.6) is 11.5 Å². The predicted molar refractivity (Wildman–Crippen MR) is 80.3 cm³/mol. The number of benzene rings is 1. The minimum atomic E-state index is 0.534. The van der Waals surface area contributed by atoms with E-state index in [1.165, 1.54) is 0 Å². The molecule has 0 amide bonds. The molecular weight excluding hydrogens is 308 g/mol. The van der Waals surface area contributed by atoms with Crippen LogP contribution in [-0.4, -0.2) is 19.5 Å². The van der Waals surface area contributed by atoms with Crippen LogP contribution in [0.4, 0.5) is 0 Å². The van der Waals surface area contributed by atoms with E-state index in [4.69, 9.17) is 9.47 Å². The summed E-state index contributed by atoms with van der Waals surface area (Å²) in [6.07, 6.45) is 2.98. The Labute approximate surface area is 123 Å². The van der Waals surface area contributed by atoms with Crippen molar-refractivity contribution in [1.82, 2.24) is 0 Å². The number of hydrogen-bond donors (Lipinski definition) is 0. The zero-order valence-corrected chi connectivity index (χ0v) is 13.3. The number of halogens is 1. The monoisotopic (exact) mass is 328 g/mol. The summed E-state index contributed by atoms with van der Waals surface area (Å²) in [6, 6.07) is 3.46. The SMILES string of the molecule is CCOc1cc(C=O)cc(Br)c1OCC(CC)CC. The molecule has 0 saturated carbocycles. The Balaban J connectivity index is 2.94. The minimum Gasteiger partial charge on any atom is -0.490 e. The molecule has 4 heteroatoms. The first-order valence-corrected chi connectivity index (χ1v) is 7.49. The van der Waals surface area contributed by atoms with Crippen LogP contribution in [0.25, 0.3) is 0 Å². The van der Waals surface area contributed by atoms with Gasteiger partial charge < -0.3 is 9.47 Å². The van der Waals surface area contributed by atoms with Gasteiger partial charge in [0.05, 0.1) is 17.7 Å². The highest BCUT2D eigenvalue weighted by Crippen LogP contribution is 2.37. The van der Waals surface area contributed by atoms with Crippen LogP contribution in [0, 0.1) is 5.92 Å². The largest absolute Gasteiger partial charge is 0.490 e. The standard InChI is InChI=1S/C15H21BrO3/c1-4-11(5-2)10-19-15-13(16)7-12(9-17)8-14(15)18-6-3/h7-9,11H,4-6,10H2,1-3H3. The lowest BCUT2D eigenvalue weighted by atomic mass is 10.1. The van der Waals surface area contributed by atoms with Gasteiger partial charge in [0, 0.05) is 5.56 Å². The third-order valence-corrected chi connectivity index (χ3v) is 3.67. The van der Waals surface area contributed by atoms with E-state index < -0.39 is 0 Å². The van der Waals surface area contributed by atoms with Gasteiger partial charge in [-0.05, 0) is 40.9 Å². The summed E-state index contributed by atoms with van der Waals surface area (Å²) in [5.41, 5.74) is 0.574. The molecule has 0 spiro atoms. The highest BCUT2D eigenvalue weighted by Gasteiger charge is 2.14. The highest BCUT2D eigenvalue weighted by molar-refractivity contribution is 9.10. The van der Waals surface area contributed by atoms with Gasteiger partial charge in [0.15, 0.2) is 11.5 Å². The van der Waals surface area contributed by atoms with Crippen LogP contribution >= 0.6 is 15.9 Å². The second kappa shape index (κ2) is 8.20. The summed E-state index contributed by atoms with van der Waals surface area (Å²) >= 11 is 3.44. The van der Waals surface area contributed by atoms with Crippen LogP contribution < -0.4 is 9.47 Å². The minimum absolute atomic E-state index is 0.534. The van der Waals surface area contributed by atoms with E-state index in [9.17, 15) is 4.79 Å². The van der Waals surface area contributed by atoms with Crippen molar-refractivity contribution in [2.45, 2.75) is 33.6 Å². The normalized spacial score (nSPS) is 10.6. The summed E-state index contributed by atoms with van der Waals surface area (Å²) < 4.78 is 12.2. The molecule has 0 aromatic heterocycles. The van der Waals surface area contributed by atoms with E-state index >= 15 is 0 Å². The summed E-state index contributed by atoms with van der Waals surface area (Å²) in [6.45, 7) is 7.42. The fourth-order valence-electron chi connectivity index (χ4n) is 1.78. The number of ether oxygens (including phenoxy) is 2. The molecule has 0 unspecified atom stereocenters.